The van der Waals surface area contributed by atoms with Gasteiger partial charge in [-0.25, -0.2) is 0 Å². The van der Waals surface area contributed by atoms with E-state index in [1.165, 1.54) is 25.9 Å². The van der Waals surface area contributed by atoms with Gasteiger partial charge in [-0.3, -0.25) is 0 Å². The molecule has 1 aromatic rings. The van der Waals surface area contributed by atoms with Crippen LogP contribution in [0.5, 0.6) is 0 Å². The molecule has 0 radical (unpaired) electrons. The summed E-state index contributed by atoms with van der Waals surface area (Å²) in [5.74, 6) is 6.60. The number of quaternary nitrogens is 1. The molecule has 0 unspecified atom stereocenters. The molecule has 0 saturated carbocycles. The zero-order valence-electron chi connectivity index (χ0n) is 10.7. The highest BCUT2D eigenvalue weighted by Gasteiger charge is 2.29. The van der Waals surface area contributed by atoms with Gasteiger partial charge in [-0.1, -0.05) is 30.7 Å². The Balaban J connectivity index is 0.00000162. The number of likely N-dealkylation sites (tertiary alicyclic amines) is 1. The van der Waals surface area contributed by atoms with Crippen LogP contribution in [0.4, 0.5) is 0 Å². The fraction of sp³-hybridized carbons (Fsp3) is 0.375. The van der Waals surface area contributed by atoms with Gasteiger partial charge >= 0.3 is 0 Å². The topological polar surface area (TPSA) is 0 Å². The summed E-state index contributed by atoms with van der Waals surface area (Å²) in [5.41, 5.74) is 1.11. The highest BCUT2D eigenvalue weighted by atomic mass is 79.9. The molecule has 0 amide bonds. The molecule has 1 aliphatic heterocycles. The Labute approximate surface area is 121 Å². The van der Waals surface area contributed by atoms with Crippen molar-refractivity contribution in [1.82, 2.24) is 0 Å². The Morgan fingerprint density at radius 3 is 2.44 bits per heavy atom. The third kappa shape index (κ3) is 4.01. The van der Waals surface area contributed by atoms with E-state index in [4.69, 9.17) is 0 Å². The molecular weight excluding hydrogens is 286 g/mol. The lowest BCUT2D eigenvalue weighted by molar-refractivity contribution is -0.904. The Morgan fingerprint density at radius 2 is 1.83 bits per heavy atom. The third-order valence-corrected chi connectivity index (χ3v) is 3.45. The monoisotopic (exact) mass is 305 g/mol. The van der Waals surface area contributed by atoms with Gasteiger partial charge in [0, 0.05) is 18.4 Å². The van der Waals surface area contributed by atoms with Crippen molar-refractivity contribution >= 4 is 0 Å². The standard InChI is InChI=1S/C16H20N.BrH/c1-2-12-17(13-6-7-14-17)15-8-11-16-9-4-3-5-10-16;/h2-5,9-10H,1,6-7,12-15H2;1H/q+1;/p-1. The van der Waals surface area contributed by atoms with Crippen LogP contribution in [0.15, 0.2) is 43.0 Å². The first kappa shape index (κ1) is 15.0. The maximum absolute atomic E-state index is 3.87. The maximum atomic E-state index is 3.87. The number of halogens is 1. The molecule has 96 valence electrons. The molecule has 1 saturated heterocycles. The molecule has 1 aromatic carbocycles. The van der Waals surface area contributed by atoms with Crippen molar-refractivity contribution in [3.05, 3.63) is 48.6 Å². The van der Waals surface area contributed by atoms with Crippen LogP contribution < -0.4 is 17.0 Å². The number of benzene rings is 1. The first-order valence-corrected chi connectivity index (χ1v) is 6.35. The van der Waals surface area contributed by atoms with Crippen LogP contribution in [0.2, 0.25) is 0 Å². The van der Waals surface area contributed by atoms with Gasteiger partial charge in [0.1, 0.15) is 6.54 Å². The highest BCUT2D eigenvalue weighted by molar-refractivity contribution is 5.33. The second-order valence-corrected chi connectivity index (χ2v) is 4.79. The SMILES string of the molecule is C=CC[N+]1(CC#Cc2ccccc2)CCCC1.[Br-]. The second kappa shape index (κ2) is 7.41. The highest BCUT2D eigenvalue weighted by Crippen LogP contribution is 2.18. The third-order valence-electron chi connectivity index (χ3n) is 3.45. The lowest BCUT2D eigenvalue weighted by Gasteiger charge is -2.30. The van der Waals surface area contributed by atoms with E-state index >= 15 is 0 Å². The fourth-order valence-corrected chi connectivity index (χ4v) is 2.52. The summed E-state index contributed by atoms with van der Waals surface area (Å²) >= 11 is 0. The van der Waals surface area contributed by atoms with Gasteiger partial charge in [0.05, 0.1) is 19.6 Å². The van der Waals surface area contributed by atoms with Crippen molar-refractivity contribution in [3.63, 3.8) is 0 Å². The van der Waals surface area contributed by atoms with E-state index in [1.54, 1.807) is 0 Å². The summed E-state index contributed by atoms with van der Waals surface area (Å²) in [4.78, 5) is 0. The zero-order valence-corrected chi connectivity index (χ0v) is 12.3. The number of nitrogens with zero attached hydrogens (tertiary/aromatic N) is 1. The van der Waals surface area contributed by atoms with Crippen LogP contribution in [0.25, 0.3) is 0 Å². The van der Waals surface area contributed by atoms with Gasteiger partial charge in [0.25, 0.3) is 0 Å². The van der Waals surface area contributed by atoms with E-state index in [-0.39, 0.29) is 17.0 Å². The lowest BCUT2D eigenvalue weighted by Crippen LogP contribution is -3.00. The molecular formula is C16H20BrN. The van der Waals surface area contributed by atoms with Gasteiger partial charge in [0.15, 0.2) is 0 Å². The first-order chi connectivity index (χ1) is 8.35. The van der Waals surface area contributed by atoms with Gasteiger partial charge in [-0.15, -0.1) is 0 Å². The van der Waals surface area contributed by atoms with Crippen LogP contribution >= 0.6 is 0 Å². The number of rotatable bonds is 3. The molecule has 0 bridgehead atoms. The second-order valence-electron chi connectivity index (χ2n) is 4.79. The van der Waals surface area contributed by atoms with Crippen molar-refractivity contribution in [1.29, 1.82) is 0 Å². The minimum absolute atomic E-state index is 0. The quantitative estimate of drug-likeness (QED) is 0.414. The van der Waals surface area contributed by atoms with Crippen LogP contribution in [0, 0.1) is 11.8 Å². The van der Waals surface area contributed by atoms with Crippen LogP contribution in [-0.2, 0) is 0 Å². The van der Waals surface area contributed by atoms with Crippen LogP contribution in [0.3, 0.4) is 0 Å². The molecule has 18 heavy (non-hydrogen) atoms. The Morgan fingerprint density at radius 1 is 1.17 bits per heavy atom. The molecule has 1 heterocycles. The van der Waals surface area contributed by atoms with Crippen molar-refractivity contribution in [3.8, 4) is 11.8 Å². The minimum Gasteiger partial charge on any atom is -1.00 e. The van der Waals surface area contributed by atoms with Crippen LogP contribution in [-0.4, -0.2) is 30.7 Å². The summed E-state index contributed by atoms with van der Waals surface area (Å²) in [5, 5.41) is 0. The smallest absolute Gasteiger partial charge is 0.141 e. The van der Waals surface area contributed by atoms with Gasteiger partial charge in [0.2, 0.25) is 0 Å². The van der Waals surface area contributed by atoms with E-state index in [1.807, 2.05) is 24.3 Å². The molecule has 1 aliphatic rings. The predicted octanol–water partition coefficient (Wildman–Crippen LogP) is -0.161. The lowest BCUT2D eigenvalue weighted by atomic mass is 10.2. The Kier molecular flexibility index (Phi) is 6.18. The first-order valence-electron chi connectivity index (χ1n) is 6.35. The van der Waals surface area contributed by atoms with E-state index in [2.05, 4.69) is 30.6 Å². The fourth-order valence-electron chi connectivity index (χ4n) is 2.52. The number of hydrogen-bond donors (Lipinski definition) is 0. The molecule has 0 aliphatic carbocycles. The largest absolute Gasteiger partial charge is 1.00 e. The van der Waals surface area contributed by atoms with E-state index in [9.17, 15) is 0 Å². The predicted molar refractivity (Wildman–Crippen MR) is 72.5 cm³/mol. The molecule has 1 nitrogen and oxygen atoms in total. The molecule has 0 N–H and O–H groups in total. The summed E-state index contributed by atoms with van der Waals surface area (Å²) < 4.78 is 1.11. The average molecular weight is 306 g/mol. The van der Waals surface area contributed by atoms with Crippen molar-refractivity contribution < 1.29 is 21.5 Å². The van der Waals surface area contributed by atoms with Crippen LogP contribution in [0.1, 0.15) is 18.4 Å². The average Bonchev–Trinajstić information content (AvgIpc) is 2.80. The zero-order chi connectivity index (χ0) is 12.0. The molecule has 0 aromatic heterocycles. The summed E-state index contributed by atoms with van der Waals surface area (Å²) in [6, 6.07) is 10.2. The molecule has 0 atom stereocenters. The Hall–Kier alpha value is -1.04. The van der Waals surface area contributed by atoms with E-state index in [0.717, 1.165) is 23.1 Å². The minimum atomic E-state index is 0. The van der Waals surface area contributed by atoms with E-state index in [0.29, 0.717) is 0 Å². The summed E-state index contributed by atoms with van der Waals surface area (Å²) in [6.45, 7) is 8.41. The molecule has 2 heteroatoms. The molecule has 2 rings (SSSR count). The van der Waals surface area contributed by atoms with Crippen molar-refractivity contribution in [2.45, 2.75) is 12.8 Å². The normalized spacial score (nSPS) is 16.2. The van der Waals surface area contributed by atoms with Crippen molar-refractivity contribution in [2.75, 3.05) is 26.2 Å². The molecule has 0 spiro atoms. The van der Waals surface area contributed by atoms with Crippen molar-refractivity contribution in [2.24, 2.45) is 0 Å². The Bertz CT molecular complexity index is 421. The van der Waals surface area contributed by atoms with Gasteiger partial charge in [-0.2, -0.15) is 0 Å². The summed E-state index contributed by atoms with van der Waals surface area (Å²) in [7, 11) is 0. The van der Waals surface area contributed by atoms with Gasteiger partial charge in [-0.05, 0) is 24.1 Å². The maximum Gasteiger partial charge on any atom is 0.141 e. The van der Waals surface area contributed by atoms with E-state index < -0.39 is 0 Å². The molecule has 1 fully saturated rings. The summed E-state index contributed by atoms with van der Waals surface area (Å²) in [6.07, 6.45) is 4.71. The van der Waals surface area contributed by atoms with Gasteiger partial charge < -0.3 is 21.5 Å². The number of hydrogen-bond acceptors (Lipinski definition) is 0.